The Balaban J connectivity index is 1.68. The van der Waals surface area contributed by atoms with E-state index < -0.39 is 0 Å². The van der Waals surface area contributed by atoms with Gasteiger partial charge in [-0.15, -0.1) is 11.8 Å². The van der Waals surface area contributed by atoms with Gasteiger partial charge in [0.2, 0.25) is 0 Å². The number of thiophene rings is 1. The van der Waals surface area contributed by atoms with Gasteiger partial charge in [0.15, 0.2) is 0 Å². The second-order valence-electron chi connectivity index (χ2n) is 5.50. The van der Waals surface area contributed by atoms with Crippen LogP contribution < -0.4 is 5.32 Å². The van der Waals surface area contributed by atoms with Crippen molar-refractivity contribution in [2.75, 3.05) is 12.4 Å². The topological polar surface area (TPSA) is 38.3 Å². The average Bonchev–Trinajstić information content (AvgIpc) is 3.15. The van der Waals surface area contributed by atoms with E-state index in [1.807, 2.05) is 48.5 Å². The van der Waals surface area contributed by atoms with Crippen molar-refractivity contribution in [3.8, 4) is 0 Å². The maximum absolute atomic E-state index is 12.5. The number of hydrogen-bond acceptors (Lipinski definition) is 4. The van der Waals surface area contributed by atoms with Crippen molar-refractivity contribution in [3.63, 3.8) is 0 Å². The first-order valence-corrected chi connectivity index (χ1v) is 9.81. The molecule has 0 spiro atoms. The summed E-state index contributed by atoms with van der Waals surface area (Å²) in [4.78, 5) is 13.6. The molecule has 0 atom stereocenters. The lowest BCUT2D eigenvalue weighted by Gasteiger charge is -2.11. The van der Waals surface area contributed by atoms with Crippen molar-refractivity contribution in [3.05, 3.63) is 82.0 Å². The van der Waals surface area contributed by atoms with Gasteiger partial charge in [-0.05, 0) is 52.2 Å². The molecule has 0 bridgehead atoms. The summed E-state index contributed by atoms with van der Waals surface area (Å²) in [6.07, 6.45) is 0. The molecule has 0 unspecified atom stereocenters. The average molecular weight is 370 g/mol. The summed E-state index contributed by atoms with van der Waals surface area (Å²) in [7, 11) is 1.66. The summed E-state index contributed by atoms with van der Waals surface area (Å²) in [6.45, 7) is 0.546. The minimum Gasteiger partial charge on any atom is -0.380 e. The van der Waals surface area contributed by atoms with Gasteiger partial charge < -0.3 is 10.1 Å². The third kappa shape index (κ3) is 4.95. The van der Waals surface area contributed by atoms with Crippen LogP contribution in [-0.4, -0.2) is 13.0 Å². The van der Waals surface area contributed by atoms with Crippen LogP contribution in [0.5, 0.6) is 0 Å². The minimum atomic E-state index is -0.104. The molecule has 0 fully saturated rings. The van der Waals surface area contributed by atoms with E-state index >= 15 is 0 Å². The summed E-state index contributed by atoms with van der Waals surface area (Å²) in [6, 6.07) is 17.5. The predicted molar refractivity (Wildman–Crippen MR) is 105 cm³/mol. The third-order valence-corrected chi connectivity index (χ3v) is 5.51. The molecule has 0 aliphatic rings. The number of para-hydroxylation sites is 1. The van der Waals surface area contributed by atoms with Crippen LogP contribution in [-0.2, 0) is 17.1 Å². The summed E-state index contributed by atoms with van der Waals surface area (Å²) >= 11 is 3.43. The predicted octanol–water partition coefficient (Wildman–Crippen LogP) is 5.44. The molecule has 3 rings (SSSR count). The molecule has 25 heavy (non-hydrogen) atoms. The first-order valence-electron chi connectivity index (χ1n) is 7.88. The van der Waals surface area contributed by atoms with Crippen LogP contribution in [0, 0.1) is 0 Å². The molecule has 128 valence electrons. The summed E-state index contributed by atoms with van der Waals surface area (Å²) in [5, 5.41) is 7.25. The van der Waals surface area contributed by atoms with Crippen LogP contribution in [0.1, 0.15) is 21.5 Å². The molecule has 1 amide bonds. The molecule has 0 aliphatic heterocycles. The van der Waals surface area contributed by atoms with Crippen LogP contribution in [0.4, 0.5) is 5.69 Å². The van der Waals surface area contributed by atoms with E-state index in [-0.39, 0.29) is 5.91 Å². The van der Waals surface area contributed by atoms with Crippen LogP contribution in [0.3, 0.4) is 0 Å². The Kier molecular flexibility index (Phi) is 6.28. The molecule has 0 radical (unpaired) electrons. The second-order valence-corrected chi connectivity index (χ2v) is 7.30. The van der Waals surface area contributed by atoms with Crippen molar-refractivity contribution in [2.45, 2.75) is 17.3 Å². The number of methoxy groups -OCH3 is 1. The highest BCUT2D eigenvalue weighted by Gasteiger charge is 2.09. The number of thioether (sulfide) groups is 1. The number of benzene rings is 2. The molecule has 0 aliphatic carbocycles. The number of ether oxygens (including phenoxy) is 1. The number of amides is 1. The molecular weight excluding hydrogens is 350 g/mol. The van der Waals surface area contributed by atoms with Crippen LogP contribution in [0.15, 0.2) is 70.3 Å². The van der Waals surface area contributed by atoms with E-state index in [0.29, 0.717) is 12.2 Å². The lowest BCUT2D eigenvalue weighted by Crippen LogP contribution is -2.12. The Labute approximate surface area is 156 Å². The van der Waals surface area contributed by atoms with Gasteiger partial charge in [-0.1, -0.05) is 24.3 Å². The Morgan fingerprint density at radius 2 is 1.88 bits per heavy atom. The van der Waals surface area contributed by atoms with Crippen molar-refractivity contribution < 1.29 is 9.53 Å². The SMILES string of the molecule is COCc1ccc(C(=O)Nc2ccccc2SCc2ccsc2)cc1. The van der Waals surface area contributed by atoms with Gasteiger partial charge in [-0.3, -0.25) is 4.79 Å². The monoisotopic (exact) mass is 369 g/mol. The molecule has 1 aromatic heterocycles. The fourth-order valence-electron chi connectivity index (χ4n) is 2.35. The highest BCUT2D eigenvalue weighted by atomic mass is 32.2. The normalized spacial score (nSPS) is 10.6. The van der Waals surface area contributed by atoms with Crippen LogP contribution >= 0.6 is 23.1 Å². The number of anilines is 1. The molecule has 0 saturated heterocycles. The number of nitrogens with one attached hydrogen (secondary N) is 1. The van der Waals surface area contributed by atoms with Gasteiger partial charge in [0.25, 0.3) is 5.91 Å². The Hall–Kier alpha value is -2.08. The molecule has 2 aromatic carbocycles. The summed E-state index contributed by atoms with van der Waals surface area (Å²) in [5.41, 5.74) is 3.82. The van der Waals surface area contributed by atoms with E-state index in [4.69, 9.17) is 4.74 Å². The highest BCUT2D eigenvalue weighted by molar-refractivity contribution is 7.98. The zero-order chi connectivity index (χ0) is 17.5. The number of hydrogen-bond donors (Lipinski definition) is 1. The van der Waals surface area contributed by atoms with E-state index in [0.717, 1.165) is 21.9 Å². The fourth-order valence-corrected chi connectivity index (χ4v) is 4.07. The zero-order valence-corrected chi connectivity index (χ0v) is 15.5. The van der Waals surface area contributed by atoms with Crippen molar-refractivity contribution in [2.24, 2.45) is 0 Å². The zero-order valence-electron chi connectivity index (χ0n) is 13.9. The van der Waals surface area contributed by atoms with Gasteiger partial charge in [0.1, 0.15) is 0 Å². The molecule has 3 aromatic rings. The van der Waals surface area contributed by atoms with Crippen molar-refractivity contribution in [1.82, 2.24) is 0 Å². The molecule has 5 heteroatoms. The van der Waals surface area contributed by atoms with Crippen molar-refractivity contribution >= 4 is 34.7 Å². The van der Waals surface area contributed by atoms with Gasteiger partial charge in [-0.25, -0.2) is 0 Å². The number of carbonyl (C=O) groups is 1. The Morgan fingerprint density at radius 1 is 1.08 bits per heavy atom. The molecule has 3 nitrogen and oxygen atoms in total. The van der Waals surface area contributed by atoms with Crippen LogP contribution in [0.25, 0.3) is 0 Å². The first kappa shape index (κ1) is 17.7. The number of rotatable bonds is 7. The fraction of sp³-hybridized carbons (Fsp3) is 0.150. The first-order chi connectivity index (χ1) is 12.3. The van der Waals surface area contributed by atoms with E-state index in [1.54, 1.807) is 30.2 Å². The summed E-state index contributed by atoms with van der Waals surface area (Å²) in [5.74, 6) is 0.787. The number of carbonyl (C=O) groups excluding carboxylic acids is 1. The lowest BCUT2D eigenvalue weighted by molar-refractivity contribution is 0.102. The van der Waals surface area contributed by atoms with E-state index in [9.17, 15) is 4.79 Å². The third-order valence-electron chi connectivity index (χ3n) is 3.64. The smallest absolute Gasteiger partial charge is 0.255 e. The Bertz CT molecular complexity index is 814. The van der Waals surface area contributed by atoms with E-state index in [1.165, 1.54) is 5.56 Å². The van der Waals surface area contributed by atoms with E-state index in [2.05, 4.69) is 22.1 Å². The lowest BCUT2D eigenvalue weighted by atomic mass is 10.1. The second kappa shape index (κ2) is 8.85. The van der Waals surface area contributed by atoms with Gasteiger partial charge in [0, 0.05) is 23.3 Å². The van der Waals surface area contributed by atoms with Gasteiger partial charge in [0.05, 0.1) is 12.3 Å². The molecular formula is C20H19NO2S2. The quantitative estimate of drug-likeness (QED) is 0.564. The summed E-state index contributed by atoms with van der Waals surface area (Å²) < 4.78 is 5.09. The minimum absolute atomic E-state index is 0.104. The molecule has 1 N–H and O–H groups in total. The molecule has 1 heterocycles. The Morgan fingerprint density at radius 3 is 2.60 bits per heavy atom. The van der Waals surface area contributed by atoms with Crippen molar-refractivity contribution in [1.29, 1.82) is 0 Å². The maximum atomic E-state index is 12.5. The largest absolute Gasteiger partial charge is 0.380 e. The standard InChI is InChI=1S/C20H19NO2S2/c1-23-12-15-6-8-17(9-7-15)20(22)21-18-4-2-3-5-19(18)25-14-16-10-11-24-13-16/h2-11,13H,12,14H2,1H3,(H,21,22). The maximum Gasteiger partial charge on any atom is 0.255 e. The highest BCUT2D eigenvalue weighted by Crippen LogP contribution is 2.30. The van der Waals surface area contributed by atoms with Crippen LogP contribution in [0.2, 0.25) is 0 Å². The molecule has 0 saturated carbocycles. The van der Waals surface area contributed by atoms with Gasteiger partial charge >= 0.3 is 0 Å². The van der Waals surface area contributed by atoms with Gasteiger partial charge in [-0.2, -0.15) is 11.3 Å².